The largest absolute Gasteiger partial charge is 0.353 e. The molecule has 0 aromatic carbocycles. The van der Waals surface area contributed by atoms with Gasteiger partial charge >= 0.3 is 0 Å². The lowest BCUT2D eigenvalue weighted by molar-refractivity contribution is -0.122. The quantitative estimate of drug-likeness (QED) is 0.743. The number of rotatable bonds is 4. The van der Waals surface area contributed by atoms with Crippen LogP contribution in [0.5, 0.6) is 0 Å². The minimum atomic E-state index is -3.09. The lowest BCUT2D eigenvalue weighted by Crippen LogP contribution is -2.47. The summed E-state index contributed by atoms with van der Waals surface area (Å²) < 4.78 is 24.2. The van der Waals surface area contributed by atoms with Crippen LogP contribution in [0.25, 0.3) is 0 Å². The van der Waals surface area contributed by atoms with Crippen molar-refractivity contribution in [2.24, 2.45) is 0 Å². The van der Waals surface area contributed by atoms with E-state index in [9.17, 15) is 13.2 Å². The zero-order valence-electron chi connectivity index (χ0n) is 11.4. The predicted molar refractivity (Wildman–Crippen MR) is 73.2 cm³/mol. The molecule has 2 N–H and O–H groups in total. The number of amides is 1. The molecule has 2 saturated heterocycles. The van der Waals surface area contributed by atoms with Crippen molar-refractivity contribution in [1.29, 1.82) is 0 Å². The molecule has 0 aromatic rings. The zero-order valence-corrected chi connectivity index (χ0v) is 12.2. The molecule has 19 heavy (non-hydrogen) atoms. The number of carbonyl (C=O) groups excluding carboxylic acids is 1. The molecule has 110 valence electrons. The average molecular weight is 289 g/mol. The highest BCUT2D eigenvalue weighted by Gasteiger charge is 2.26. The second-order valence-electron chi connectivity index (χ2n) is 5.50. The van der Waals surface area contributed by atoms with E-state index < -0.39 is 10.0 Å². The third-order valence-electron chi connectivity index (χ3n) is 3.88. The summed E-state index contributed by atoms with van der Waals surface area (Å²) >= 11 is 0. The van der Waals surface area contributed by atoms with Crippen LogP contribution in [0.3, 0.4) is 0 Å². The first-order chi connectivity index (χ1) is 8.95. The molecule has 2 aliphatic rings. The highest BCUT2D eigenvalue weighted by Crippen LogP contribution is 2.14. The van der Waals surface area contributed by atoms with Gasteiger partial charge in [0.1, 0.15) is 0 Å². The Balaban J connectivity index is 1.71. The number of hydrogen-bond acceptors (Lipinski definition) is 4. The van der Waals surface area contributed by atoms with E-state index in [4.69, 9.17) is 0 Å². The molecule has 0 aromatic heterocycles. The predicted octanol–water partition coefficient (Wildman–Crippen LogP) is -0.331. The average Bonchev–Trinajstić information content (AvgIpc) is 2.81. The van der Waals surface area contributed by atoms with Crippen LogP contribution in [0.2, 0.25) is 0 Å². The molecule has 2 aliphatic heterocycles. The third kappa shape index (κ3) is 4.43. The summed E-state index contributed by atoms with van der Waals surface area (Å²) in [5.41, 5.74) is 0. The molecule has 7 heteroatoms. The van der Waals surface area contributed by atoms with Gasteiger partial charge in [0.2, 0.25) is 15.9 Å². The van der Waals surface area contributed by atoms with E-state index in [-0.39, 0.29) is 11.9 Å². The normalized spacial score (nSPS) is 26.5. The summed E-state index contributed by atoms with van der Waals surface area (Å²) in [7, 11) is -3.09. The number of hydrogen-bond donors (Lipinski definition) is 2. The van der Waals surface area contributed by atoms with Crippen molar-refractivity contribution in [2.45, 2.75) is 44.2 Å². The number of piperidine rings is 1. The zero-order chi connectivity index (χ0) is 13.9. The maximum Gasteiger partial charge on any atom is 0.221 e. The standard InChI is InChI=1S/C12H23N3O3S/c1-19(17,18)15-7-4-10(5-8-15)14-12(16)9-11-3-2-6-13-11/h10-11,13H,2-9H2,1H3,(H,14,16). The van der Waals surface area contributed by atoms with Crippen LogP contribution < -0.4 is 10.6 Å². The lowest BCUT2D eigenvalue weighted by Gasteiger charge is -2.30. The van der Waals surface area contributed by atoms with Crippen LogP contribution in [0.1, 0.15) is 32.1 Å². The van der Waals surface area contributed by atoms with Gasteiger partial charge in [0, 0.05) is 31.6 Å². The summed E-state index contributed by atoms with van der Waals surface area (Å²) in [4.78, 5) is 11.9. The number of carbonyl (C=O) groups is 1. The molecule has 2 heterocycles. The van der Waals surface area contributed by atoms with E-state index >= 15 is 0 Å². The van der Waals surface area contributed by atoms with Crippen molar-refractivity contribution in [1.82, 2.24) is 14.9 Å². The molecule has 1 atom stereocenters. The minimum Gasteiger partial charge on any atom is -0.353 e. The second kappa shape index (κ2) is 6.19. The maximum atomic E-state index is 11.9. The summed E-state index contributed by atoms with van der Waals surface area (Å²) in [5.74, 6) is 0.0807. The van der Waals surface area contributed by atoms with Gasteiger partial charge < -0.3 is 10.6 Å². The molecule has 6 nitrogen and oxygen atoms in total. The van der Waals surface area contributed by atoms with Crippen molar-refractivity contribution >= 4 is 15.9 Å². The Labute approximate surface area is 115 Å². The van der Waals surface area contributed by atoms with Crippen molar-refractivity contribution in [3.8, 4) is 0 Å². The fraction of sp³-hybridized carbons (Fsp3) is 0.917. The monoisotopic (exact) mass is 289 g/mol. The van der Waals surface area contributed by atoms with Gasteiger partial charge in [0.25, 0.3) is 0 Å². The highest BCUT2D eigenvalue weighted by molar-refractivity contribution is 7.88. The highest BCUT2D eigenvalue weighted by atomic mass is 32.2. The van der Waals surface area contributed by atoms with E-state index in [1.807, 2.05) is 0 Å². The first-order valence-electron chi connectivity index (χ1n) is 6.93. The Morgan fingerprint density at radius 1 is 1.32 bits per heavy atom. The van der Waals surface area contributed by atoms with Crippen molar-refractivity contribution in [2.75, 3.05) is 25.9 Å². The van der Waals surface area contributed by atoms with E-state index in [1.165, 1.54) is 10.6 Å². The second-order valence-corrected chi connectivity index (χ2v) is 7.48. The fourth-order valence-electron chi connectivity index (χ4n) is 2.77. The summed E-state index contributed by atoms with van der Waals surface area (Å²) in [6.07, 6.45) is 5.39. The van der Waals surface area contributed by atoms with Gasteiger partial charge in [-0.1, -0.05) is 0 Å². The molecular formula is C12H23N3O3S. The topological polar surface area (TPSA) is 78.5 Å². The van der Waals surface area contributed by atoms with Crippen LogP contribution in [0, 0.1) is 0 Å². The molecule has 2 rings (SSSR count). The Bertz CT molecular complexity index is 410. The molecule has 0 spiro atoms. The van der Waals surface area contributed by atoms with E-state index in [2.05, 4.69) is 10.6 Å². The Morgan fingerprint density at radius 2 is 2.00 bits per heavy atom. The molecule has 1 amide bonds. The summed E-state index contributed by atoms with van der Waals surface area (Å²) in [6, 6.07) is 0.433. The molecule has 0 radical (unpaired) electrons. The first-order valence-corrected chi connectivity index (χ1v) is 8.78. The van der Waals surface area contributed by atoms with E-state index in [0.717, 1.165) is 19.4 Å². The van der Waals surface area contributed by atoms with Crippen molar-refractivity contribution in [3.05, 3.63) is 0 Å². The molecule has 1 unspecified atom stereocenters. The minimum absolute atomic E-state index is 0.0807. The lowest BCUT2D eigenvalue weighted by atomic mass is 10.1. The van der Waals surface area contributed by atoms with Crippen LogP contribution in [-0.2, 0) is 14.8 Å². The van der Waals surface area contributed by atoms with Gasteiger partial charge in [-0.15, -0.1) is 0 Å². The smallest absolute Gasteiger partial charge is 0.221 e. The Hall–Kier alpha value is -0.660. The van der Waals surface area contributed by atoms with E-state index in [0.29, 0.717) is 38.4 Å². The summed E-state index contributed by atoms with van der Waals surface area (Å²) in [6.45, 7) is 2.02. The van der Waals surface area contributed by atoms with Gasteiger partial charge in [-0.25, -0.2) is 12.7 Å². The van der Waals surface area contributed by atoms with Gasteiger partial charge in [0.15, 0.2) is 0 Å². The van der Waals surface area contributed by atoms with Crippen molar-refractivity contribution < 1.29 is 13.2 Å². The van der Waals surface area contributed by atoms with Gasteiger partial charge in [-0.2, -0.15) is 0 Å². The van der Waals surface area contributed by atoms with Crippen LogP contribution in [0.4, 0.5) is 0 Å². The molecular weight excluding hydrogens is 266 g/mol. The number of sulfonamides is 1. The molecule has 0 saturated carbocycles. The Morgan fingerprint density at radius 3 is 2.53 bits per heavy atom. The Kier molecular flexibility index (Phi) is 4.81. The summed E-state index contributed by atoms with van der Waals surface area (Å²) in [5, 5.41) is 6.32. The SMILES string of the molecule is CS(=O)(=O)N1CCC(NC(=O)CC2CCCN2)CC1. The molecule has 2 fully saturated rings. The molecule has 0 bridgehead atoms. The third-order valence-corrected chi connectivity index (χ3v) is 5.19. The number of nitrogens with one attached hydrogen (secondary N) is 2. The van der Waals surface area contributed by atoms with Crippen LogP contribution in [-0.4, -0.2) is 56.6 Å². The first kappa shape index (κ1) is 14.7. The molecule has 0 aliphatic carbocycles. The van der Waals surface area contributed by atoms with Gasteiger partial charge in [-0.3, -0.25) is 4.79 Å². The van der Waals surface area contributed by atoms with Gasteiger partial charge in [0.05, 0.1) is 6.26 Å². The van der Waals surface area contributed by atoms with E-state index in [1.54, 1.807) is 0 Å². The van der Waals surface area contributed by atoms with Crippen LogP contribution in [0.15, 0.2) is 0 Å². The van der Waals surface area contributed by atoms with Crippen molar-refractivity contribution in [3.63, 3.8) is 0 Å². The van der Waals surface area contributed by atoms with Crippen LogP contribution >= 0.6 is 0 Å². The number of nitrogens with zero attached hydrogens (tertiary/aromatic N) is 1. The fourth-order valence-corrected chi connectivity index (χ4v) is 3.65. The maximum absolute atomic E-state index is 11.9. The van der Waals surface area contributed by atoms with Gasteiger partial charge in [-0.05, 0) is 32.2 Å².